The van der Waals surface area contributed by atoms with Gasteiger partial charge in [-0.25, -0.2) is 0 Å². The number of nitrogens with zero attached hydrogens (tertiary/aromatic N) is 4. The molecule has 0 saturated carbocycles. The molecule has 1 amide bonds. The van der Waals surface area contributed by atoms with Crippen LogP contribution in [0.3, 0.4) is 0 Å². The van der Waals surface area contributed by atoms with E-state index in [0.29, 0.717) is 29.7 Å². The van der Waals surface area contributed by atoms with Gasteiger partial charge in [0, 0.05) is 18.2 Å². The monoisotopic (exact) mass is 338 g/mol. The average Bonchev–Trinajstić information content (AvgIpc) is 3.16. The summed E-state index contributed by atoms with van der Waals surface area (Å²) in [5.74, 6) is 1.60. The van der Waals surface area contributed by atoms with Crippen LogP contribution in [0.15, 0.2) is 42.1 Å². The molecule has 0 aliphatic carbocycles. The maximum Gasteiger partial charge on any atom is 0.252 e. The van der Waals surface area contributed by atoms with E-state index >= 15 is 0 Å². The molecule has 0 fully saturated rings. The van der Waals surface area contributed by atoms with Crippen molar-refractivity contribution in [1.82, 2.24) is 30.4 Å². The van der Waals surface area contributed by atoms with Gasteiger partial charge in [-0.15, -0.1) is 10.2 Å². The zero-order chi connectivity index (χ0) is 17.6. The fourth-order valence-electron chi connectivity index (χ4n) is 2.19. The second kappa shape index (κ2) is 7.39. The van der Waals surface area contributed by atoms with E-state index in [0.717, 1.165) is 5.56 Å². The molecule has 9 nitrogen and oxygen atoms in total. The van der Waals surface area contributed by atoms with Crippen LogP contribution >= 0.6 is 0 Å². The Labute approximate surface area is 144 Å². The molecule has 0 aliphatic heterocycles. The quantitative estimate of drug-likeness (QED) is 0.507. The molecule has 3 rings (SSSR count). The Balaban J connectivity index is 1.77. The maximum atomic E-state index is 12.2. The van der Waals surface area contributed by atoms with Crippen molar-refractivity contribution in [3.8, 4) is 0 Å². The van der Waals surface area contributed by atoms with Crippen LogP contribution in [0, 0.1) is 13.8 Å². The molecule has 0 radical (unpaired) electrons. The van der Waals surface area contributed by atoms with E-state index in [9.17, 15) is 4.79 Å². The Hall–Kier alpha value is -3.49. The summed E-state index contributed by atoms with van der Waals surface area (Å²) >= 11 is 0. The number of carbonyl (C=O) groups excluding carboxylic acids is 1. The van der Waals surface area contributed by atoms with E-state index in [2.05, 4.69) is 41.0 Å². The van der Waals surface area contributed by atoms with E-state index in [1.165, 1.54) is 6.08 Å². The minimum absolute atomic E-state index is 0.228. The number of benzene rings is 1. The highest BCUT2D eigenvalue weighted by Crippen LogP contribution is 2.11. The van der Waals surface area contributed by atoms with Gasteiger partial charge in [-0.05, 0) is 19.4 Å². The summed E-state index contributed by atoms with van der Waals surface area (Å²) < 4.78 is 0. The molecule has 0 saturated heterocycles. The number of hydrogen-bond acceptors (Lipinski definition) is 6. The second-order valence-electron chi connectivity index (χ2n) is 5.44. The minimum atomic E-state index is -0.343. The van der Waals surface area contributed by atoms with E-state index in [1.54, 1.807) is 13.8 Å². The number of carbonyl (C=O) groups is 1. The van der Waals surface area contributed by atoms with Crippen LogP contribution in [0.2, 0.25) is 0 Å². The van der Waals surface area contributed by atoms with Crippen molar-refractivity contribution in [2.45, 2.75) is 20.3 Å². The molecule has 25 heavy (non-hydrogen) atoms. The van der Waals surface area contributed by atoms with Crippen LogP contribution in [0.4, 0.5) is 11.9 Å². The molecule has 4 N–H and O–H groups in total. The van der Waals surface area contributed by atoms with Gasteiger partial charge >= 0.3 is 0 Å². The van der Waals surface area contributed by atoms with Crippen LogP contribution in [0.25, 0.3) is 0 Å². The van der Waals surface area contributed by atoms with Crippen LogP contribution in [-0.2, 0) is 11.2 Å². The molecule has 0 bridgehead atoms. The lowest BCUT2D eigenvalue weighted by Gasteiger charge is -2.08. The first-order valence-electron chi connectivity index (χ1n) is 7.69. The van der Waals surface area contributed by atoms with Gasteiger partial charge in [0.25, 0.3) is 5.91 Å². The van der Waals surface area contributed by atoms with Crippen LogP contribution in [0.1, 0.15) is 17.2 Å². The van der Waals surface area contributed by atoms with Gasteiger partial charge in [0.2, 0.25) is 11.9 Å². The van der Waals surface area contributed by atoms with Gasteiger partial charge in [-0.2, -0.15) is 9.97 Å². The number of aromatic amines is 2. The van der Waals surface area contributed by atoms with Crippen LogP contribution in [0.5, 0.6) is 0 Å². The normalized spacial score (nSPS) is 11.4. The first-order valence-corrected chi connectivity index (χ1v) is 7.69. The number of H-pyrrole nitrogens is 2. The molecule has 0 unspecified atom stereocenters. The van der Waals surface area contributed by atoms with Crippen molar-refractivity contribution in [1.29, 1.82) is 0 Å². The maximum absolute atomic E-state index is 12.2. The van der Waals surface area contributed by atoms with Crippen LogP contribution < -0.4 is 10.6 Å². The van der Waals surface area contributed by atoms with E-state index < -0.39 is 0 Å². The van der Waals surface area contributed by atoms with Gasteiger partial charge in [0.05, 0.1) is 0 Å². The number of anilines is 2. The van der Waals surface area contributed by atoms with Gasteiger partial charge in [-0.3, -0.25) is 20.3 Å². The van der Waals surface area contributed by atoms with Gasteiger partial charge in [-0.1, -0.05) is 30.3 Å². The molecular weight excluding hydrogens is 320 g/mol. The lowest BCUT2D eigenvalue weighted by atomic mass is 10.1. The summed E-state index contributed by atoms with van der Waals surface area (Å²) in [5, 5.41) is 19.0. The lowest BCUT2D eigenvalue weighted by molar-refractivity contribution is -0.112. The van der Waals surface area contributed by atoms with E-state index in [4.69, 9.17) is 0 Å². The third-order valence-corrected chi connectivity index (χ3v) is 3.24. The smallest absolute Gasteiger partial charge is 0.252 e. The number of rotatable bonds is 6. The Morgan fingerprint density at radius 1 is 1.00 bits per heavy atom. The highest BCUT2D eigenvalue weighted by Gasteiger charge is 2.09. The zero-order valence-electron chi connectivity index (χ0n) is 13.9. The Kier molecular flexibility index (Phi) is 4.84. The van der Waals surface area contributed by atoms with Crippen LogP contribution in [-0.4, -0.2) is 36.3 Å². The predicted molar refractivity (Wildman–Crippen MR) is 92.7 cm³/mol. The topological polar surface area (TPSA) is 124 Å². The molecule has 0 aliphatic rings. The fourth-order valence-corrected chi connectivity index (χ4v) is 2.19. The van der Waals surface area contributed by atoms with Crippen molar-refractivity contribution in [2.24, 2.45) is 0 Å². The number of aryl methyl sites for hydroxylation is 2. The van der Waals surface area contributed by atoms with Crippen molar-refractivity contribution in [3.05, 3.63) is 59.3 Å². The number of aromatic nitrogens is 6. The summed E-state index contributed by atoms with van der Waals surface area (Å²) in [6.07, 6.45) is 1.97. The molecule has 2 heterocycles. The summed E-state index contributed by atoms with van der Waals surface area (Å²) in [7, 11) is 0. The third-order valence-electron chi connectivity index (χ3n) is 3.24. The molecule has 2 aromatic heterocycles. The summed E-state index contributed by atoms with van der Waals surface area (Å²) in [5.41, 5.74) is 1.70. The number of allylic oxidation sites excluding steroid dienone is 1. The van der Waals surface area contributed by atoms with Crippen molar-refractivity contribution < 1.29 is 4.79 Å². The second-order valence-corrected chi connectivity index (χ2v) is 5.44. The highest BCUT2D eigenvalue weighted by atomic mass is 16.1. The SMILES string of the molecule is Cc1nc(NC(=O)/C=C(/Cc2ccccc2)Nc2n[nH]c(C)n2)n[nH]1. The molecule has 1 aromatic carbocycles. The molecule has 0 atom stereocenters. The first-order chi connectivity index (χ1) is 12.1. The standard InChI is InChI=1S/C16H18N8O/c1-10-17-15(23-21-10)19-13(8-12-6-4-3-5-7-12)9-14(25)20-16-18-11(2)22-24-16/h3-7,9H,8H2,1-2H3,(H2,17,19,21,23)(H2,18,20,22,24,25)/b13-9-. The lowest BCUT2D eigenvalue weighted by Crippen LogP contribution is -2.14. The Morgan fingerprint density at radius 3 is 2.16 bits per heavy atom. The van der Waals surface area contributed by atoms with E-state index in [1.807, 2.05) is 30.3 Å². The number of amides is 1. The van der Waals surface area contributed by atoms with Crippen molar-refractivity contribution >= 4 is 17.8 Å². The molecule has 128 valence electrons. The highest BCUT2D eigenvalue weighted by molar-refractivity contribution is 5.98. The Bertz CT molecular complexity index is 880. The summed E-state index contributed by atoms with van der Waals surface area (Å²) in [6, 6.07) is 9.79. The average molecular weight is 338 g/mol. The van der Waals surface area contributed by atoms with Gasteiger partial charge in [0.15, 0.2) is 0 Å². The zero-order valence-corrected chi connectivity index (χ0v) is 13.9. The molecule has 9 heteroatoms. The van der Waals surface area contributed by atoms with E-state index in [-0.39, 0.29) is 11.9 Å². The first kappa shape index (κ1) is 16.4. The molecule has 0 spiro atoms. The van der Waals surface area contributed by atoms with Gasteiger partial charge < -0.3 is 5.32 Å². The number of hydrogen-bond donors (Lipinski definition) is 4. The summed E-state index contributed by atoms with van der Waals surface area (Å²) in [4.78, 5) is 20.5. The predicted octanol–water partition coefficient (Wildman–Crippen LogP) is 1.72. The third kappa shape index (κ3) is 4.74. The van der Waals surface area contributed by atoms with Crippen molar-refractivity contribution in [3.63, 3.8) is 0 Å². The molecular formula is C16H18N8O. The van der Waals surface area contributed by atoms with Gasteiger partial charge in [0.1, 0.15) is 11.6 Å². The molecule has 3 aromatic rings. The minimum Gasteiger partial charge on any atom is -0.326 e. The Morgan fingerprint density at radius 2 is 1.60 bits per heavy atom. The number of nitrogens with one attached hydrogen (secondary N) is 4. The summed E-state index contributed by atoms with van der Waals surface area (Å²) in [6.45, 7) is 3.56. The fraction of sp³-hybridized carbons (Fsp3) is 0.188. The largest absolute Gasteiger partial charge is 0.326 e. The van der Waals surface area contributed by atoms with Crippen molar-refractivity contribution in [2.75, 3.05) is 10.6 Å².